The molecule has 158 valence electrons. The molecule has 5 rings (SSSR count). The van der Waals surface area contributed by atoms with Crippen LogP contribution in [0.3, 0.4) is 0 Å². The monoisotopic (exact) mass is 439 g/mol. The largest absolute Gasteiger partial charge is 0.493 e. The maximum atomic E-state index is 6.03. The van der Waals surface area contributed by atoms with Crippen LogP contribution in [0, 0.1) is 0 Å². The number of halogens is 1. The van der Waals surface area contributed by atoms with Gasteiger partial charge in [-0.05, 0) is 35.9 Å². The van der Waals surface area contributed by atoms with Gasteiger partial charge in [0.2, 0.25) is 5.82 Å². The fourth-order valence-electron chi connectivity index (χ4n) is 3.47. The van der Waals surface area contributed by atoms with Crippen molar-refractivity contribution in [1.29, 1.82) is 0 Å². The van der Waals surface area contributed by atoms with E-state index in [2.05, 4.69) is 20.5 Å². The van der Waals surface area contributed by atoms with Crippen LogP contribution in [0.15, 0.2) is 47.0 Å². The number of methoxy groups -OCH3 is 2. The molecule has 2 aromatic carbocycles. The van der Waals surface area contributed by atoms with Gasteiger partial charge in [-0.2, -0.15) is 4.98 Å². The molecule has 0 aliphatic carbocycles. The minimum absolute atomic E-state index is 0.135. The highest BCUT2D eigenvalue weighted by molar-refractivity contribution is 6.30. The second-order valence-corrected chi connectivity index (χ2v) is 7.35. The summed E-state index contributed by atoms with van der Waals surface area (Å²) in [6.45, 7) is 0.852. The molecular weight excluding hydrogens is 422 g/mol. The summed E-state index contributed by atoms with van der Waals surface area (Å²) in [4.78, 5) is 4.49. The minimum Gasteiger partial charge on any atom is -0.493 e. The Morgan fingerprint density at radius 1 is 1.06 bits per heavy atom. The molecule has 0 saturated carbocycles. The van der Waals surface area contributed by atoms with Crippen molar-refractivity contribution in [3.05, 3.63) is 58.7 Å². The predicted molar refractivity (Wildman–Crippen MR) is 111 cm³/mol. The van der Waals surface area contributed by atoms with Crippen molar-refractivity contribution >= 4 is 11.6 Å². The summed E-state index contributed by atoms with van der Waals surface area (Å²) in [5.74, 6) is 1.89. The van der Waals surface area contributed by atoms with E-state index < -0.39 is 0 Å². The van der Waals surface area contributed by atoms with E-state index in [0.717, 1.165) is 16.8 Å². The Labute approximate surface area is 182 Å². The molecule has 0 radical (unpaired) electrons. The molecule has 1 atom stereocenters. The third kappa shape index (κ3) is 3.62. The molecule has 3 heterocycles. The Morgan fingerprint density at radius 3 is 2.65 bits per heavy atom. The molecule has 31 heavy (non-hydrogen) atoms. The van der Waals surface area contributed by atoms with E-state index in [9.17, 15) is 0 Å². The maximum absolute atomic E-state index is 6.03. The van der Waals surface area contributed by atoms with Gasteiger partial charge in [-0.1, -0.05) is 34.1 Å². The van der Waals surface area contributed by atoms with Gasteiger partial charge >= 0.3 is 0 Å². The number of aromatic nitrogens is 5. The molecule has 0 amide bonds. The first-order chi connectivity index (χ1) is 15.2. The van der Waals surface area contributed by atoms with E-state index in [4.69, 9.17) is 30.3 Å². The second-order valence-electron chi connectivity index (χ2n) is 6.91. The third-order valence-electron chi connectivity index (χ3n) is 5.11. The number of benzene rings is 2. The topological polar surface area (TPSA) is 97.3 Å². The summed E-state index contributed by atoms with van der Waals surface area (Å²) >= 11 is 5.98. The first-order valence-electron chi connectivity index (χ1n) is 9.52. The molecule has 1 aliphatic rings. The highest BCUT2D eigenvalue weighted by atomic mass is 35.5. The summed E-state index contributed by atoms with van der Waals surface area (Å²) in [7, 11) is 3.15. The van der Waals surface area contributed by atoms with E-state index >= 15 is 0 Å². The lowest BCUT2D eigenvalue weighted by Gasteiger charge is -2.24. The molecule has 9 nitrogen and oxygen atoms in total. The molecular formula is C21H18ClN5O4. The first-order valence-corrected chi connectivity index (χ1v) is 9.90. The van der Waals surface area contributed by atoms with Crippen molar-refractivity contribution in [1.82, 2.24) is 25.1 Å². The normalized spacial score (nSPS) is 15.5. The minimum atomic E-state index is -0.135. The maximum Gasteiger partial charge on any atom is 0.280 e. The Kier molecular flexibility index (Phi) is 5.05. The lowest BCUT2D eigenvalue weighted by molar-refractivity contribution is -0.00117. The highest BCUT2D eigenvalue weighted by Crippen LogP contribution is 2.34. The fourth-order valence-corrected chi connectivity index (χ4v) is 3.60. The average Bonchev–Trinajstić information content (AvgIpc) is 3.45. The molecule has 0 bridgehead atoms. The van der Waals surface area contributed by atoms with Gasteiger partial charge in [0.25, 0.3) is 5.89 Å². The van der Waals surface area contributed by atoms with E-state index in [1.165, 1.54) is 0 Å². The van der Waals surface area contributed by atoms with Crippen LogP contribution in [0.5, 0.6) is 11.5 Å². The Hall–Kier alpha value is -3.43. The zero-order chi connectivity index (χ0) is 21.4. The van der Waals surface area contributed by atoms with Crippen LogP contribution in [0.1, 0.15) is 17.4 Å². The van der Waals surface area contributed by atoms with Crippen LogP contribution >= 0.6 is 11.6 Å². The number of hydrogen-bond donors (Lipinski definition) is 0. The average molecular weight is 440 g/mol. The molecule has 0 fully saturated rings. The number of hydrogen-bond acceptors (Lipinski definition) is 8. The highest BCUT2D eigenvalue weighted by Gasteiger charge is 2.28. The smallest absolute Gasteiger partial charge is 0.280 e. The van der Waals surface area contributed by atoms with Gasteiger partial charge in [0.05, 0.1) is 33.1 Å². The van der Waals surface area contributed by atoms with Gasteiger partial charge in [-0.25, -0.2) is 4.68 Å². The van der Waals surface area contributed by atoms with Crippen LogP contribution < -0.4 is 9.47 Å². The number of ether oxygens (including phenoxy) is 3. The third-order valence-corrected chi connectivity index (χ3v) is 5.36. The Morgan fingerprint density at radius 2 is 1.87 bits per heavy atom. The molecule has 1 aliphatic heterocycles. The van der Waals surface area contributed by atoms with Crippen LogP contribution in [0.25, 0.3) is 23.0 Å². The molecule has 4 aromatic rings. The summed E-state index contributed by atoms with van der Waals surface area (Å²) in [6.07, 6.45) is -0.135. The summed E-state index contributed by atoms with van der Waals surface area (Å²) in [6, 6.07) is 13.0. The van der Waals surface area contributed by atoms with Crippen molar-refractivity contribution in [3.8, 4) is 34.5 Å². The lowest BCUT2D eigenvalue weighted by Crippen LogP contribution is -2.22. The van der Waals surface area contributed by atoms with Gasteiger partial charge in [0, 0.05) is 10.6 Å². The van der Waals surface area contributed by atoms with Crippen molar-refractivity contribution in [3.63, 3.8) is 0 Å². The van der Waals surface area contributed by atoms with Crippen LogP contribution in [0.4, 0.5) is 0 Å². The van der Waals surface area contributed by atoms with Crippen molar-refractivity contribution < 1.29 is 18.7 Å². The molecule has 2 aromatic heterocycles. The quantitative estimate of drug-likeness (QED) is 0.461. The molecule has 1 unspecified atom stereocenters. The van der Waals surface area contributed by atoms with Crippen molar-refractivity contribution in [2.45, 2.75) is 19.3 Å². The standard InChI is InChI=1S/C21H18ClN5O4/c1-28-16-8-5-13(9-17(16)29-2)20-23-21(31-25-20)19-15-11-30-18(10-27(15)26-24-19)12-3-6-14(22)7-4-12/h3-9,18H,10-11H2,1-2H3. The second kappa shape index (κ2) is 8.01. The van der Waals surface area contributed by atoms with Crippen molar-refractivity contribution in [2.24, 2.45) is 0 Å². The zero-order valence-electron chi connectivity index (χ0n) is 16.8. The van der Waals surface area contributed by atoms with Crippen LogP contribution in [-0.2, 0) is 17.9 Å². The summed E-state index contributed by atoms with van der Waals surface area (Å²) in [5, 5.41) is 13.3. The number of fused-ring (bicyclic) bond motifs is 1. The van der Waals surface area contributed by atoms with Crippen LogP contribution in [0.2, 0.25) is 5.02 Å². The van der Waals surface area contributed by atoms with Gasteiger partial charge in [0.15, 0.2) is 17.2 Å². The van der Waals surface area contributed by atoms with E-state index in [-0.39, 0.29) is 12.0 Å². The molecule has 0 saturated heterocycles. The van der Waals surface area contributed by atoms with E-state index in [1.54, 1.807) is 31.0 Å². The van der Waals surface area contributed by atoms with Crippen LogP contribution in [-0.4, -0.2) is 39.4 Å². The van der Waals surface area contributed by atoms with Gasteiger partial charge in [-0.3, -0.25) is 0 Å². The Balaban J connectivity index is 1.40. The SMILES string of the molecule is COc1ccc(-c2noc(-c3nnn4c3COC(c3ccc(Cl)cc3)C4)n2)cc1OC. The Bertz CT molecular complexity index is 1220. The predicted octanol–water partition coefficient (Wildman–Crippen LogP) is 3.94. The van der Waals surface area contributed by atoms with Gasteiger partial charge < -0.3 is 18.7 Å². The first kappa shape index (κ1) is 19.5. The number of rotatable bonds is 5. The zero-order valence-corrected chi connectivity index (χ0v) is 17.5. The summed E-state index contributed by atoms with van der Waals surface area (Å²) < 4.78 is 23.9. The number of nitrogens with zero attached hydrogens (tertiary/aromatic N) is 5. The fraction of sp³-hybridized carbons (Fsp3) is 0.238. The van der Waals surface area contributed by atoms with Gasteiger partial charge in [0.1, 0.15) is 6.10 Å². The molecule has 10 heteroatoms. The molecule has 0 N–H and O–H groups in total. The molecule has 0 spiro atoms. The van der Waals surface area contributed by atoms with Gasteiger partial charge in [-0.15, -0.1) is 5.10 Å². The summed E-state index contributed by atoms with van der Waals surface area (Å²) in [5.41, 5.74) is 3.05. The van der Waals surface area contributed by atoms with E-state index in [1.807, 2.05) is 30.3 Å². The lowest BCUT2D eigenvalue weighted by atomic mass is 10.1. The van der Waals surface area contributed by atoms with Crippen molar-refractivity contribution in [2.75, 3.05) is 14.2 Å². The van der Waals surface area contributed by atoms with E-state index in [0.29, 0.717) is 41.2 Å².